The first-order valence-corrected chi connectivity index (χ1v) is 7.30. The molecule has 22 heavy (non-hydrogen) atoms. The summed E-state index contributed by atoms with van der Waals surface area (Å²) in [4.78, 5) is 12.0. The van der Waals surface area contributed by atoms with Crippen molar-refractivity contribution < 1.29 is 9.53 Å². The number of ether oxygens (including phenoxy) is 1. The molecule has 0 radical (unpaired) electrons. The van der Waals surface area contributed by atoms with Crippen molar-refractivity contribution in [2.24, 2.45) is 0 Å². The standard InChI is InChI=1S/C17H19ClN2O2/c1-10-8-14(4-5-15(10)18)22-9-16(21)20-17-11(2)6-13(19)7-12(17)3/h4-8H,9,19H2,1-3H3,(H,20,21). The molecule has 5 heteroatoms. The molecule has 0 fully saturated rings. The molecule has 116 valence electrons. The number of amides is 1. The van der Waals surface area contributed by atoms with Gasteiger partial charge in [-0.15, -0.1) is 0 Å². The van der Waals surface area contributed by atoms with Crippen molar-refractivity contribution in [1.82, 2.24) is 0 Å². The lowest BCUT2D eigenvalue weighted by molar-refractivity contribution is -0.118. The first kappa shape index (κ1) is 16.2. The third kappa shape index (κ3) is 3.92. The maximum atomic E-state index is 12.0. The average molecular weight is 319 g/mol. The number of nitrogen functional groups attached to an aromatic ring is 1. The Morgan fingerprint density at radius 3 is 2.36 bits per heavy atom. The van der Waals surface area contributed by atoms with Crippen molar-refractivity contribution in [3.63, 3.8) is 0 Å². The third-order valence-electron chi connectivity index (χ3n) is 3.32. The van der Waals surface area contributed by atoms with E-state index in [9.17, 15) is 4.79 Å². The smallest absolute Gasteiger partial charge is 0.262 e. The number of carbonyl (C=O) groups is 1. The SMILES string of the molecule is Cc1cc(OCC(=O)Nc2c(C)cc(N)cc2C)ccc1Cl. The maximum absolute atomic E-state index is 12.0. The van der Waals surface area contributed by atoms with Crippen molar-refractivity contribution in [2.75, 3.05) is 17.7 Å². The number of hydrogen-bond acceptors (Lipinski definition) is 3. The highest BCUT2D eigenvalue weighted by Crippen LogP contribution is 2.24. The van der Waals surface area contributed by atoms with E-state index in [2.05, 4.69) is 5.32 Å². The largest absolute Gasteiger partial charge is 0.484 e. The minimum Gasteiger partial charge on any atom is -0.484 e. The predicted octanol–water partition coefficient (Wildman–Crippen LogP) is 3.86. The summed E-state index contributed by atoms with van der Waals surface area (Å²) in [5.41, 5.74) is 9.98. The van der Waals surface area contributed by atoms with Crippen LogP contribution in [0.1, 0.15) is 16.7 Å². The zero-order valence-corrected chi connectivity index (χ0v) is 13.6. The van der Waals surface area contributed by atoms with Crippen LogP contribution in [0.15, 0.2) is 30.3 Å². The van der Waals surface area contributed by atoms with Gasteiger partial charge in [0.25, 0.3) is 5.91 Å². The summed E-state index contributed by atoms with van der Waals surface area (Å²) in [6, 6.07) is 8.94. The number of benzene rings is 2. The molecule has 1 amide bonds. The molecule has 0 aromatic heterocycles. The monoisotopic (exact) mass is 318 g/mol. The lowest BCUT2D eigenvalue weighted by atomic mass is 10.1. The fourth-order valence-corrected chi connectivity index (χ4v) is 2.34. The van der Waals surface area contributed by atoms with Crippen molar-refractivity contribution in [2.45, 2.75) is 20.8 Å². The number of nitrogens with two attached hydrogens (primary N) is 1. The van der Waals surface area contributed by atoms with E-state index in [0.717, 1.165) is 22.4 Å². The van der Waals surface area contributed by atoms with Gasteiger partial charge in [0.05, 0.1) is 0 Å². The fraction of sp³-hybridized carbons (Fsp3) is 0.235. The highest BCUT2D eigenvalue weighted by molar-refractivity contribution is 6.31. The maximum Gasteiger partial charge on any atom is 0.262 e. The molecule has 0 spiro atoms. The number of aryl methyl sites for hydroxylation is 3. The van der Waals surface area contributed by atoms with E-state index in [0.29, 0.717) is 16.5 Å². The second-order valence-corrected chi connectivity index (χ2v) is 5.68. The molecule has 0 unspecified atom stereocenters. The van der Waals surface area contributed by atoms with Crippen molar-refractivity contribution in [3.8, 4) is 5.75 Å². The lowest BCUT2D eigenvalue weighted by Gasteiger charge is -2.13. The molecule has 0 saturated carbocycles. The Morgan fingerprint density at radius 2 is 1.77 bits per heavy atom. The Kier molecular flexibility index (Phi) is 4.93. The molecule has 2 aromatic carbocycles. The molecule has 0 saturated heterocycles. The number of carbonyl (C=O) groups excluding carboxylic acids is 1. The van der Waals surface area contributed by atoms with Gasteiger partial charge in [0.2, 0.25) is 0 Å². The van der Waals surface area contributed by atoms with Gasteiger partial charge in [0.15, 0.2) is 6.61 Å². The highest BCUT2D eigenvalue weighted by atomic mass is 35.5. The Hall–Kier alpha value is -2.20. The van der Waals surface area contributed by atoms with Crippen LogP contribution in [0.2, 0.25) is 5.02 Å². The van der Waals surface area contributed by atoms with Crippen LogP contribution >= 0.6 is 11.6 Å². The van der Waals surface area contributed by atoms with Crippen LogP contribution in [0.25, 0.3) is 0 Å². The molecule has 0 aliphatic heterocycles. The van der Waals surface area contributed by atoms with Gasteiger partial charge < -0.3 is 15.8 Å². The Labute approximate surface area is 135 Å². The van der Waals surface area contributed by atoms with Gasteiger partial charge in [-0.3, -0.25) is 4.79 Å². The average Bonchev–Trinajstić information content (AvgIpc) is 2.44. The van der Waals surface area contributed by atoms with Crippen LogP contribution < -0.4 is 15.8 Å². The van der Waals surface area contributed by atoms with Crippen molar-refractivity contribution in [1.29, 1.82) is 0 Å². The van der Waals surface area contributed by atoms with E-state index < -0.39 is 0 Å². The van der Waals surface area contributed by atoms with E-state index in [1.165, 1.54) is 0 Å². The topological polar surface area (TPSA) is 64.3 Å². The first-order valence-electron chi connectivity index (χ1n) is 6.92. The van der Waals surface area contributed by atoms with Crippen LogP contribution in [-0.4, -0.2) is 12.5 Å². The van der Waals surface area contributed by atoms with Gasteiger partial charge in [-0.05, 0) is 67.8 Å². The molecule has 3 N–H and O–H groups in total. The highest BCUT2D eigenvalue weighted by Gasteiger charge is 2.09. The van der Waals surface area contributed by atoms with Crippen molar-refractivity contribution in [3.05, 3.63) is 52.0 Å². The number of hydrogen-bond donors (Lipinski definition) is 2. The van der Waals surface area contributed by atoms with Crippen LogP contribution in [0.4, 0.5) is 11.4 Å². The summed E-state index contributed by atoms with van der Waals surface area (Å²) in [6.45, 7) is 5.63. The first-order chi connectivity index (χ1) is 10.4. The van der Waals surface area contributed by atoms with Gasteiger partial charge >= 0.3 is 0 Å². The third-order valence-corrected chi connectivity index (χ3v) is 3.74. The van der Waals surface area contributed by atoms with Crippen LogP contribution in [-0.2, 0) is 4.79 Å². The van der Waals surface area contributed by atoms with Gasteiger partial charge in [0.1, 0.15) is 5.75 Å². The quantitative estimate of drug-likeness (QED) is 0.841. The van der Waals surface area contributed by atoms with E-state index in [1.54, 1.807) is 18.2 Å². The molecule has 2 rings (SSSR count). The van der Waals surface area contributed by atoms with E-state index in [4.69, 9.17) is 22.1 Å². The Bertz CT molecular complexity index is 691. The molecule has 2 aromatic rings. The predicted molar refractivity (Wildman–Crippen MR) is 90.6 cm³/mol. The van der Waals surface area contributed by atoms with Gasteiger partial charge in [-0.1, -0.05) is 11.6 Å². The molecular weight excluding hydrogens is 300 g/mol. The lowest BCUT2D eigenvalue weighted by Crippen LogP contribution is -2.21. The number of nitrogens with one attached hydrogen (secondary N) is 1. The summed E-state index contributed by atoms with van der Waals surface area (Å²) in [5.74, 6) is 0.395. The Morgan fingerprint density at radius 1 is 1.14 bits per heavy atom. The van der Waals surface area contributed by atoms with Gasteiger partial charge in [-0.2, -0.15) is 0 Å². The zero-order valence-electron chi connectivity index (χ0n) is 12.9. The van der Waals surface area contributed by atoms with Crippen LogP contribution in [0, 0.1) is 20.8 Å². The normalized spacial score (nSPS) is 10.4. The summed E-state index contributed by atoms with van der Waals surface area (Å²) in [6.07, 6.45) is 0. The van der Waals surface area contributed by atoms with Crippen LogP contribution in [0.5, 0.6) is 5.75 Å². The van der Waals surface area contributed by atoms with Crippen molar-refractivity contribution >= 4 is 28.9 Å². The minimum atomic E-state index is -0.219. The summed E-state index contributed by atoms with van der Waals surface area (Å²) in [7, 11) is 0. The number of anilines is 2. The molecule has 4 nitrogen and oxygen atoms in total. The summed E-state index contributed by atoms with van der Waals surface area (Å²) < 4.78 is 5.48. The van der Waals surface area contributed by atoms with E-state index in [1.807, 2.05) is 32.9 Å². The molecule has 0 atom stereocenters. The number of rotatable bonds is 4. The molecule has 0 bridgehead atoms. The van der Waals surface area contributed by atoms with E-state index >= 15 is 0 Å². The molecule has 0 heterocycles. The summed E-state index contributed by atoms with van der Waals surface area (Å²) >= 11 is 5.95. The Balaban J connectivity index is 2.00. The van der Waals surface area contributed by atoms with Crippen LogP contribution in [0.3, 0.4) is 0 Å². The zero-order chi connectivity index (χ0) is 16.3. The minimum absolute atomic E-state index is 0.0651. The van der Waals surface area contributed by atoms with E-state index in [-0.39, 0.29) is 12.5 Å². The van der Waals surface area contributed by atoms with Gasteiger partial charge in [0, 0.05) is 16.4 Å². The van der Waals surface area contributed by atoms with Gasteiger partial charge in [-0.25, -0.2) is 0 Å². The second kappa shape index (κ2) is 6.71. The summed E-state index contributed by atoms with van der Waals surface area (Å²) in [5, 5.41) is 3.53. The molecular formula is C17H19ClN2O2. The second-order valence-electron chi connectivity index (χ2n) is 5.28. The fourth-order valence-electron chi connectivity index (χ4n) is 2.23. The molecule has 0 aliphatic carbocycles. The number of halogens is 1. The molecule has 0 aliphatic rings.